The number of hydrogen-bond acceptors (Lipinski definition) is 5. The second-order valence-corrected chi connectivity index (χ2v) is 6.09. The Labute approximate surface area is 150 Å². The summed E-state index contributed by atoms with van der Waals surface area (Å²) < 4.78 is 16.4. The van der Waals surface area contributed by atoms with E-state index < -0.39 is 35.8 Å². The fourth-order valence-corrected chi connectivity index (χ4v) is 2.95. The van der Waals surface area contributed by atoms with E-state index in [2.05, 4.69) is 0 Å². The summed E-state index contributed by atoms with van der Waals surface area (Å²) in [6, 6.07) is 17.1. The van der Waals surface area contributed by atoms with E-state index in [-0.39, 0.29) is 0 Å². The lowest BCUT2D eigenvalue weighted by Crippen LogP contribution is -2.38. The Morgan fingerprint density at radius 1 is 0.840 bits per heavy atom. The lowest BCUT2D eigenvalue weighted by atomic mass is 10.1. The molecule has 0 radical (unpaired) electrons. The predicted octanol–water partition coefficient (Wildman–Crippen LogP) is 3.42. The first-order valence-electron chi connectivity index (χ1n) is 7.88. The Hall–Kier alpha value is -2.37. The van der Waals surface area contributed by atoms with Gasteiger partial charge in [-0.2, -0.15) is 0 Å². The van der Waals surface area contributed by atoms with Crippen LogP contribution in [-0.4, -0.2) is 35.8 Å². The summed E-state index contributed by atoms with van der Waals surface area (Å²) in [5.41, 5.74) is -0.101. The Kier molecular flexibility index (Phi) is 5.36. The lowest BCUT2D eigenvalue weighted by Gasteiger charge is -2.22. The lowest BCUT2D eigenvalue weighted by molar-refractivity contribution is -0.0270. The maximum atomic E-state index is 12.3. The highest BCUT2D eigenvalue weighted by Crippen LogP contribution is 2.30. The first kappa shape index (κ1) is 17.5. The number of carbonyl (C=O) groups is 2. The van der Waals surface area contributed by atoms with Crippen molar-refractivity contribution in [3.8, 4) is 0 Å². The van der Waals surface area contributed by atoms with E-state index in [0.29, 0.717) is 11.1 Å². The molecule has 25 heavy (non-hydrogen) atoms. The van der Waals surface area contributed by atoms with Crippen molar-refractivity contribution in [1.29, 1.82) is 0 Å². The highest BCUT2D eigenvalue weighted by Gasteiger charge is 2.47. The molecule has 0 saturated carbocycles. The average molecular weight is 361 g/mol. The second kappa shape index (κ2) is 7.68. The van der Waals surface area contributed by atoms with Crippen LogP contribution >= 0.6 is 11.6 Å². The van der Waals surface area contributed by atoms with E-state index in [0.717, 1.165) is 0 Å². The van der Waals surface area contributed by atoms with E-state index in [9.17, 15) is 9.59 Å². The molecule has 130 valence electrons. The van der Waals surface area contributed by atoms with Crippen molar-refractivity contribution >= 4 is 23.5 Å². The summed E-state index contributed by atoms with van der Waals surface area (Å²) in [5, 5.41) is 0. The highest BCUT2D eigenvalue weighted by molar-refractivity contribution is 6.20. The number of halogens is 1. The molecule has 0 spiro atoms. The molecule has 1 saturated heterocycles. The molecule has 0 aromatic heterocycles. The number of hydrogen-bond donors (Lipinski definition) is 0. The molecule has 0 N–H and O–H groups in total. The van der Waals surface area contributed by atoms with Gasteiger partial charge in [-0.05, 0) is 31.2 Å². The quantitative estimate of drug-likeness (QED) is 0.617. The standard InChI is InChI=1S/C19H17ClO5/c1-12-15(24-18(21)13-8-4-2-5-9-13)16(17(20)23-12)25-19(22)14-10-6-3-7-11-14/h2-12,15-17H,1H3/t12-,15-,16-,17?/m1/s1. The van der Waals surface area contributed by atoms with Gasteiger partial charge >= 0.3 is 11.9 Å². The molecule has 5 nitrogen and oxygen atoms in total. The van der Waals surface area contributed by atoms with E-state index in [4.69, 9.17) is 25.8 Å². The normalized spacial score (nSPS) is 25.4. The third-order valence-electron chi connectivity index (χ3n) is 3.89. The molecule has 1 heterocycles. The van der Waals surface area contributed by atoms with Crippen LogP contribution < -0.4 is 0 Å². The zero-order valence-electron chi connectivity index (χ0n) is 13.5. The van der Waals surface area contributed by atoms with Gasteiger partial charge in [0, 0.05) is 0 Å². The molecule has 1 unspecified atom stereocenters. The van der Waals surface area contributed by atoms with E-state index in [1.54, 1.807) is 67.6 Å². The maximum Gasteiger partial charge on any atom is 0.338 e. The molecule has 0 amide bonds. The van der Waals surface area contributed by atoms with Gasteiger partial charge in [0.2, 0.25) is 0 Å². The molecule has 0 aliphatic carbocycles. The van der Waals surface area contributed by atoms with Crippen LogP contribution in [0.25, 0.3) is 0 Å². The van der Waals surface area contributed by atoms with Gasteiger partial charge in [-0.25, -0.2) is 9.59 Å². The Morgan fingerprint density at radius 3 is 1.76 bits per heavy atom. The molecule has 4 atom stereocenters. The fourth-order valence-electron chi connectivity index (χ4n) is 2.59. The number of esters is 2. The van der Waals surface area contributed by atoms with Crippen LogP contribution in [0.4, 0.5) is 0 Å². The van der Waals surface area contributed by atoms with Gasteiger partial charge in [-0.3, -0.25) is 0 Å². The highest BCUT2D eigenvalue weighted by atomic mass is 35.5. The minimum absolute atomic E-state index is 0.388. The molecular formula is C19H17ClO5. The second-order valence-electron chi connectivity index (χ2n) is 5.66. The van der Waals surface area contributed by atoms with Gasteiger partial charge in [0.25, 0.3) is 0 Å². The zero-order valence-corrected chi connectivity index (χ0v) is 14.3. The van der Waals surface area contributed by atoms with Gasteiger partial charge in [0.15, 0.2) is 17.8 Å². The van der Waals surface area contributed by atoms with Crippen LogP contribution in [0.3, 0.4) is 0 Å². The molecule has 1 fully saturated rings. The van der Waals surface area contributed by atoms with Crippen LogP contribution in [0, 0.1) is 0 Å². The average Bonchev–Trinajstić information content (AvgIpc) is 2.90. The van der Waals surface area contributed by atoms with Crippen LogP contribution in [0.2, 0.25) is 0 Å². The minimum Gasteiger partial charge on any atom is -0.452 e. The molecule has 6 heteroatoms. The summed E-state index contributed by atoms with van der Waals surface area (Å²) in [4.78, 5) is 24.6. The zero-order chi connectivity index (χ0) is 17.8. The van der Waals surface area contributed by atoms with Crippen molar-refractivity contribution in [2.24, 2.45) is 0 Å². The van der Waals surface area contributed by atoms with Crippen LogP contribution in [-0.2, 0) is 14.2 Å². The fraction of sp³-hybridized carbons (Fsp3) is 0.263. The van der Waals surface area contributed by atoms with Crippen LogP contribution in [0.15, 0.2) is 60.7 Å². The minimum atomic E-state index is -0.892. The number of benzene rings is 2. The number of rotatable bonds is 4. The third kappa shape index (κ3) is 4.00. The van der Waals surface area contributed by atoms with Gasteiger partial charge in [0.05, 0.1) is 17.2 Å². The number of alkyl halides is 1. The number of ether oxygens (including phenoxy) is 3. The predicted molar refractivity (Wildman–Crippen MR) is 91.5 cm³/mol. The molecular weight excluding hydrogens is 344 g/mol. The molecule has 2 aromatic rings. The molecule has 0 bridgehead atoms. The summed E-state index contributed by atoms with van der Waals surface area (Å²) in [7, 11) is 0. The van der Waals surface area contributed by atoms with E-state index in [1.807, 2.05) is 0 Å². The molecule has 1 aliphatic rings. The Balaban J connectivity index is 1.72. The first-order valence-corrected chi connectivity index (χ1v) is 8.31. The van der Waals surface area contributed by atoms with Crippen molar-refractivity contribution in [2.75, 3.05) is 0 Å². The van der Waals surface area contributed by atoms with Crippen LogP contribution in [0.1, 0.15) is 27.6 Å². The van der Waals surface area contributed by atoms with Crippen molar-refractivity contribution in [1.82, 2.24) is 0 Å². The summed E-state index contributed by atoms with van der Waals surface area (Å²) in [5.74, 6) is -1.07. The monoisotopic (exact) mass is 360 g/mol. The van der Waals surface area contributed by atoms with Crippen molar-refractivity contribution in [2.45, 2.75) is 30.8 Å². The summed E-state index contributed by atoms with van der Waals surface area (Å²) in [6.07, 6.45) is -2.18. The number of carbonyl (C=O) groups excluding carboxylic acids is 2. The van der Waals surface area contributed by atoms with Gasteiger partial charge in [-0.15, -0.1) is 0 Å². The SMILES string of the molecule is C[C@H]1OC(Cl)[C@H](OC(=O)c2ccccc2)[C@@H]1OC(=O)c1ccccc1. The van der Waals surface area contributed by atoms with E-state index in [1.165, 1.54) is 0 Å². The maximum absolute atomic E-state index is 12.3. The van der Waals surface area contributed by atoms with Crippen molar-refractivity contribution < 1.29 is 23.8 Å². The van der Waals surface area contributed by atoms with Gasteiger partial charge in [0.1, 0.15) is 0 Å². The third-order valence-corrected chi connectivity index (χ3v) is 4.25. The largest absolute Gasteiger partial charge is 0.452 e. The van der Waals surface area contributed by atoms with Crippen LogP contribution in [0.5, 0.6) is 0 Å². The summed E-state index contributed by atoms with van der Waals surface area (Å²) in [6.45, 7) is 1.72. The smallest absolute Gasteiger partial charge is 0.338 e. The summed E-state index contributed by atoms with van der Waals surface area (Å²) >= 11 is 6.14. The Morgan fingerprint density at radius 2 is 1.28 bits per heavy atom. The molecule has 3 rings (SSSR count). The van der Waals surface area contributed by atoms with Gasteiger partial charge in [-0.1, -0.05) is 48.0 Å². The van der Waals surface area contributed by atoms with Crippen molar-refractivity contribution in [3.63, 3.8) is 0 Å². The van der Waals surface area contributed by atoms with Gasteiger partial charge < -0.3 is 14.2 Å². The van der Waals surface area contributed by atoms with Crippen molar-refractivity contribution in [3.05, 3.63) is 71.8 Å². The first-order chi connectivity index (χ1) is 12.1. The van der Waals surface area contributed by atoms with E-state index >= 15 is 0 Å². The molecule has 1 aliphatic heterocycles. The Bertz CT molecular complexity index is 670. The topological polar surface area (TPSA) is 61.8 Å². The molecule has 2 aromatic carbocycles.